The largest absolute Gasteiger partial charge is 0.484 e. The van der Waals surface area contributed by atoms with Gasteiger partial charge in [0.15, 0.2) is 6.61 Å². The monoisotopic (exact) mass is 573 g/mol. The van der Waals surface area contributed by atoms with Gasteiger partial charge in [-0.2, -0.15) is 0 Å². The van der Waals surface area contributed by atoms with Crippen LogP contribution in [0.25, 0.3) is 0 Å². The van der Waals surface area contributed by atoms with Crippen LogP contribution in [0.1, 0.15) is 49.7 Å². The van der Waals surface area contributed by atoms with Gasteiger partial charge in [-0.3, -0.25) is 24.1 Å². The van der Waals surface area contributed by atoms with Crippen molar-refractivity contribution in [2.45, 2.75) is 81.7 Å². The molecule has 4 amide bonds. The summed E-state index contributed by atoms with van der Waals surface area (Å²) in [5.74, 6) is -0.128. The van der Waals surface area contributed by atoms with Crippen molar-refractivity contribution < 1.29 is 23.9 Å². The molecule has 0 aromatic heterocycles. The molecule has 3 N–H and O–H groups in total. The Hall–Kier alpha value is -3.92. The number of benzene rings is 2. The molecule has 0 radical (unpaired) electrons. The van der Waals surface area contributed by atoms with Crippen molar-refractivity contribution in [2.24, 2.45) is 0 Å². The van der Waals surface area contributed by atoms with Gasteiger partial charge in [0, 0.05) is 37.8 Å². The minimum absolute atomic E-state index is 0.0742. The lowest BCUT2D eigenvalue weighted by atomic mass is 10.0. The Labute approximate surface area is 246 Å². The standard InChI is InChI=1S/C32H39N5O5/c38-29-14-21-8-4-5-9-22(21)17-33-31(40)27-15-23(35-30(39)20-42-26-12-2-1-3-13-26)19-37(27)32(41)28-16-24(34-29)18-36(28)25-10-6-7-11-25/h1-5,8-9,12-13,23-25,27-28H,6-7,10-11,14-20H2,(H,33,40)(H,34,38)(H,35,39)/t23-,24-,27-,28-/m0/s1. The molecule has 2 saturated heterocycles. The Balaban J connectivity index is 1.23. The Morgan fingerprint density at radius 3 is 2.43 bits per heavy atom. The van der Waals surface area contributed by atoms with E-state index in [1.807, 2.05) is 42.5 Å². The third-order valence-electron chi connectivity index (χ3n) is 9.07. The summed E-state index contributed by atoms with van der Waals surface area (Å²) >= 11 is 0. The average Bonchev–Trinajstić information content (AvgIpc) is 3.75. The zero-order valence-corrected chi connectivity index (χ0v) is 23.8. The van der Waals surface area contributed by atoms with Crippen molar-refractivity contribution in [1.82, 2.24) is 25.8 Å². The third-order valence-corrected chi connectivity index (χ3v) is 9.07. The number of carbonyl (C=O) groups is 4. The summed E-state index contributed by atoms with van der Waals surface area (Å²) in [5, 5.41) is 9.20. The molecule has 0 spiro atoms. The number of para-hydroxylation sites is 1. The molecule has 2 aromatic carbocycles. The third kappa shape index (κ3) is 6.28. The second-order valence-electron chi connectivity index (χ2n) is 11.9. The zero-order valence-electron chi connectivity index (χ0n) is 23.8. The molecule has 0 unspecified atom stereocenters. The number of hydrogen-bond donors (Lipinski definition) is 3. The van der Waals surface area contributed by atoms with Crippen LogP contribution in [0.4, 0.5) is 0 Å². The van der Waals surface area contributed by atoms with Gasteiger partial charge >= 0.3 is 0 Å². The van der Waals surface area contributed by atoms with Crippen LogP contribution in [-0.4, -0.2) is 83.3 Å². The number of hydrogen-bond acceptors (Lipinski definition) is 6. The smallest absolute Gasteiger partial charge is 0.258 e. The maximum Gasteiger partial charge on any atom is 0.258 e. The van der Waals surface area contributed by atoms with Gasteiger partial charge in [0.05, 0.1) is 12.5 Å². The molecule has 3 aliphatic heterocycles. The highest BCUT2D eigenvalue weighted by atomic mass is 16.5. The topological polar surface area (TPSA) is 120 Å². The minimum Gasteiger partial charge on any atom is -0.484 e. The maximum atomic E-state index is 14.2. The summed E-state index contributed by atoms with van der Waals surface area (Å²) in [6.07, 6.45) is 5.37. The molecule has 42 heavy (non-hydrogen) atoms. The van der Waals surface area contributed by atoms with Gasteiger partial charge in [-0.15, -0.1) is 0 Å². The quantitative estimate of drug-likeness (QED) is 0.499. The maximum absolute atomic E-state index is 14.2. The van der Waals surface area contributed by atoms with E-state index in [1.54, 1.807) is 17.0 Å². The van der Waals surface area contributed by atoms with E-state index in [0.29, 0.717) is 25.1 Å². The molecule has 4 atom stereocenters. The summed E-state index contributed by atoms with van der Waals surface area (Å²) in [5.41, 5.74) is 1.74. The lowest BCUT2D eigenvalue weighted by molar-refractivity contribution is -0.142. The fourth-order valence-electron chi connectivity index (χ4n) is 7.06. The normalized spacial score (nSPS) is 27.0. The molecular formula is C32H39N5O5. The molecule has 3 fully saturated rings. The second-order valence-corrected chi connectivity index (χ2v) is 11.9. The summed E-state index contributed by atoms with van der Waals surface area (Å²) in [6, 6.07) is 15.4. The Kier molecular flexibility index (Phi) is 8.41. The van der Waals surface area contributed by atoms with Crippen LogP contribution >= 0.6 is 0 Å². The van der Waals surface area contributed by atoms with Gasteiger partial charge in [-0.05, 0) is 48.9 Å². The van der Waals surface area contributed by atoms with Gasteiger partial charge in [0.2, 0.25) is 17.7 Å². The van der Waals surface area contributed by atoms with Crippen molar-refractivity contribution in [3.8, 4) is 5.75 Å². The van der Waals surface area contributed by atoms with Crippen LogP contribution in [-0.2, 0) is 32.1 Å². The number of rotatable bonds is 5. The number of ether oxygens (including phenoxy) is 1. The molecular weight excluding hydrogens is 534 g/mol. The fourth-order valence-corrected chi connectivity index (χ4v) is 7.06. The summed E-state index contributed by atoms with van der Waals surface area (Å²) < 4.78 is 5.60. The van der Waals surface area contributed by atoms with Crippen molar-refractivity contribution in [1.29, 1.82) is 0 Å². The highest BCUT2D eigenvalue weighted by Crippen LogP contribution is 2.33. The van der Waals surface area contributed by atoms with E-state index in [1.165, 1.54) is 0 Å². The first kappa shape index (κ1) is 28.2. The predicted octanol–water partition coefficient (Wildman–Crippen LogP) is 1.53. The van der Waals surface area contributed by atoms with E-state index in [2.05, 4.69) is 20.9 Å². The van der Waals surface area contributed by atoms with E-state index in [9.17, 15) is 19.2 Å². The zero-order chi connectivity index (χ0) is 29.1. The molecule has 1 saturated carbocycles. The van der Waals surface area contributed by atoms with E-state index in [0.717, 1.165) is 36.8 Å². The molecule has 10 heteroatoms. The Morgan fingerprint density at radius 2 is 1.64 bits per heavy atom. The van der Waals surface area contributed by atoms with Crippen LogP contribution < -0.4 is 20.7 Å². The molecule has 6 rings (SSSR count). The predicted molar refractivity (Wildman–Crippen MR) is 155 cm³/mol. The summed E-state index contributed by atoms with van der Waals surface area (Å²) in [4.78, 5) is 57.7. The highest BCUT2D eigenvalue weighted by Gasteiger charge is 2.48. The van der Waals surface area contributed by atoms with Gasteiger partial charge in [0.25, 0.3) is 5.91 Å². The van der Waals surface area contributed by atoms with Crippen LogP contribution in [0.15, 0.2) is 54.6 Å². The first-order valence-electron chi connectivity index (χ1n) is 15.1. The molecule has 4 aliphatic rings. The van der Waals surface area contributed by atoms with E-state index in [-0.39, 0.29) is 67.9 Å². The first-order chi connectivity index (χ1) is 20.4. The van der Waals surface area contributed by atoms with Crippen LogP contribution in [0.5, 0.6) is 5.75 Å². The van der Waals surface area contributed by atoms with E-state index in [4.69, 9.17) is 4.74 Å². The van der Waals surface area contributed by atoms with Gasteiger partial charge in [-0.25, -0.2) is 0 Å². The second kappa shape index (κ2) is 12.5. The van der Waals surface area contributed by atoms with Gasteiger partial charge in [-0.1, -0.05) is 55.3 Å². The van der Waals surface area contributed by atoms with Crippen molar-refractivity contribution >= 4 is 23.6 Å². The minimum atomic E-state index is -0.702. The van der Waals surface area contributed by atoms with Crippen LogP contribution in [0.2, 0.25) is 0 Å². The molecule has 2 aromatic rings. The SMILES string of the molecule is O=C(COc1ccccc1)N[C@H]1C[C@H]2C(=O)NCc3ccccc3CC(=O)N[C@H]3C[C@@H](C(=O)N2C1)N(C1CCCC1)C3. The van der Waals surface area contributed by atoms with Crippen LogP contribution in [0.3, 0.4) is 0 Å². The van der Waals surface area contributed by atoms with Crippen LogP contribution in [0, 0.1) is 0 Å². The van der Waals surface area contributed by atoms with Crippen molar-refractivity contribution in [3.05, 3.63) is 65.7 Å². The first-order valence-corrected chi connectivity index (χ1v) is 15.1. The van der Waals surface area contributed by atoms with Crippen molar-refractivity contribution in [3.63, 3.8) is 0 Å². The van der Waals surface area contributed by atoms with E-state index >= 15 is 0 Å². The van der Waals surface area contributed by atoms with Gasteiger partial charge in [0.1, 0.15) is 11.8 Å². The summed E-state index contributed by atoms with van der Waals surface area (Å²) in [7, 11) is 0. The van der Waals surface area contributed by atoms with E-state index < -0.39 is 12.1 Å². The molecule has 2 bridgehead atoms. The Morgan fingerprint density at radius 1 is 0.905 bits per heavy atom. The fraction of sp³-hybridized carbons (Fsp3) is 0.500. The van der Waals surface area contributed by atoms with Crippen molar-refractivity contribution in [2.75, 3.05) is 19.7 Å². The Bertz CT molecular complexity index is 1310. The molecule has 222 valence electrons. The number of nitrogens with zero attached hydrogens (tertiary/aromatic N) is 2. The number of amides is 4. The lowest BCUT2D eigenvalue weighted by Gasteiger charge is -2.33. The van der Waals surface area contributed by atoms with Gasteiger partial charge < -0.3 is 25.6 Å². The number of nitrogens with one attached hydrogen (secondary N) is 3. The number of likely N-dealkylation sites (tertiary alicyclic amines) is 1. The molecule has 1 aliphatic carbocycles. The average molecular weight is 574 g/mol. The number of carbonyl (C=O) groups excluding carboxylic acids is 4. The lowest BCUT2D eigenvalue weighted by Crippen LogP contribution is -2.53. The number of fused-ring (bicyclic) bond motifs is 4. The highest BCUT2D eigenvalue weighted by molar-refractivity contribution is 5.91. The summed E-state index contributed by atoms with van der Waals surface area (Å²) in [6.45, 7) is 0.970. The molecule has 3 heterocycles. The molecule has 10 nitrogen and oxygen atoms in total.